The smallest absolute Gasteiger partial charge is 0.237 e. The molecular formula is C24H37F2N3O2. The molecule has 10 atom stereocenters. The van der Waals surface area contributed by atoms with E-state index in [-0.39, 0.29) is 41.8 Å². The zero-order valence-corrected chi connectivity index (χ0v) is 18.6. The Labute approximate surface area is 184 Å². The average Bonchev–Trinajstić information content (AvgIpc) is 3.35. The SMILES string of the molecule is CC1CCC(F)C2CC(C(=O)NC3CC(F)CC([C@@H]4CCN5C(=O)CC[C@H]5C4)C3)NC12. The lowest BCUT2D eigenvalue weighted by Crippen LogP contribution is -2.51. The highest BCUT2D eigenvalue weighted by Crippen LogP contribution is 2.42. The Morgan fingerprint density at radius 2 is 1.87 bits per heavy atom. The van der Waals surface area contributed by atoms with Crippen molar-refractivity contribution in [3.05, 3.63) is 0 Å². The van der Waals surface area contributed by atoms with Gasteiger partial charge in [0.1, 0.15) is 12.3 Å². The second-order valence-electron chi connectivity index (χ2n) is 11.0. The first-order valence-electron chi connectivity index (χ1n) is 12.5. The molecule has 2 saturated carbocycles. The molecule has 5 aliphatic rings. The van der Waals surface area contributed by atoms with E-state index in [1.807, 2.05) is 4.90 Å². The lowest BCUT2D eigenvalue weighted by Gasteiger charge is -2.42. The Morgan fingerprint density at radius 1 is 1.03 bits per heavy atom. The van der Waals surface area contributed by atoms with Gasteiger partial charge in [0.15, 0.2) is 0 Å². The van der Waals surface area contributed by atoms with E-state index in [0.717, 1.165) is 38.6 Å². The highest BCUT2D eigenvalue weighted by molar-refractivity contribution is 5.82. The van der Waals surface area contributed by atoms with E-state index in [2.05, 4.69) is 17.6 Å². The predicted octanol–water partition coefficient (Wildman–Crippen LogP) is 3.13. The zero-order chi connectivity index (χ0) is 21.7. The third kappa shape index (κ3) is 4.23. The Bertz CT molecular complexity index is 688. The van der Waals surface area contributed by atoms with Gasteiger partial charge >= 0.3 is 0 Å². The number of nitrogens with zero attached hydrogens (tertiary/aromatic N) is 1. The van der Waals surface area contributed by atoms with Gasteiger partial charge in [0, 0.05) is 37.0 Å². The van der Waals surface area contributed by atoms with Crippen molar-refractivity contribution < 1.29 is 18.4 Å². The van der Waals surface area contributed by atoms with Crippen LogP contribution < -0.4 is 10.6 Å². The summed E-state index contributed by atoms with van der Waals surface area (Å²) >= 11 is 0. The van der Waals surface area contributed by atoms with Crippen molar-refractivity contribution in [2.45, 2.75) is 108 Å². The van der Waals surface area contributed by atoms with Crippen LogP contribution in [-0.2, 0) is 9.59 Å². The summed E-state index contributed by atoms with van der Waals surface area (Å²) in [5.41, 5.74) is 0. The van der Waals surface area contributed by atoms with Gasteiger partial charge in [-0.25, -0.2) is 8.78 Å². The first-order valence-corrected chi connectivity index (χ1v) is 12.5. The van der Waals surface area contributed by atoms with Crippen molar-refractivity contribution in [1.82, 2.24) is 15.5 Å². The van der Waals surface area contributed by atoms with Crippen LogP contribution in [-0.4, -0.2) is 59.8 Å². The molecule has 2 amide bonds. The Balaban J connectivity index is 1.17. The molecule has 174 valence electrons. The van der Waals surface area contributed by atoms with Crippen LogP contribution in [0, 0.1) is 23.7 Å². The molecule has 5 fully saturated rings. The molecule has 0 radical (unpaired) electrons. The number of hydrogen-bond donors (Lipinski definition) is 2. The fourth-order valence-electron chi connectivity index (χ4n) is 7.44. The Morgan fingerprint density at radius 3 is 2.68 bits per heavy atom. The van der Waals surface area contributed by atoms with Crippen LogP contribution in [0.4, 0.5) is 8.78 Å². The summed E-state index contributed by atoms with van der Waals surface area (Å²) in [6.45, 7) is 2.94. The average molecular weight is 438 g/mol. The first-order chi connectivity index (χ1) is 14.9. The number of rotatable bonds is 3. The fourth-order valence-corrected chi connectivity index (χ4v) is 7.44. The largest absolute Gasteiger partial charge is 0.352 e. The highest BCUT2D eigenvalue weighted by atomic mass is 19.1. The van der Waals surface area contributed by atoms with Gasteiger partial charge in [-0.15, -0.1) is 0 Å². The van der Waals surface area contributed by atoms with Crippen LogP contribution in [0.2, 0.25) is 0 Å². The van der Waals surface area contributed by atoms with E-state index in [1.165, 1.54) is 0 Å². The molecule has 5 nitrogen and oxygen atoms in total. The van der Waals surface area contributed by atoms with E-state index in [4.69, 9.17) is 0 Å². The Kier molecular flexibility index (Phi) is 5.99. The normalized spacial score (nSPS) is 47.7. The molecular weight excluding hydrogens is 400 g/mol. The van der Waals surface area contributed by atoms with Crippen molar-refractivity contribution in [3.8, 4) is 0 Å². The van der Waals surface area contributed by atoms with Gasteiger partial charge in [0.2, 0.25) is 11.8 Å². The quantitative estimate of drug-likeness (QED) is 0.713. The van der Waals surface area contributed by atoms with Gasteiger partial charge in [-0.1, -0.05) is 6.92 Å². The molecule has 2 aliphatic carbocycles. The highest BCUT2D eigenvalue weighted by Gasteiger charge is 2.47. The maximum atomic E-state index is 14.7. The summed E-state index contributed by atoms with van der Waals surface area (Å²) in [4.78, 5) is 27.0. The van der Waals surface area contributed by atoms with Crippen molar-refractivity contribution in [1.29, 1.82) is 0 Å². The maximum Gasteiger partial charge on any atom is 0.237 e. The van der Waals surface area contributed by atoms with Gasteiger partial charge in [0.05, 0.1) is 6.04 Å². The number of carbonyl (C=O) groups excluding carboxylic acids is 2. The van der Waals surface area contributed by atoms with E-state index in [9.17, 15) is 18.4 Å². The molecule has 3 aliphatic heterocycles. The van der Waals surface area contributed by atoms with E-state index in [1.54, 1.807) is 0 Å². The van der Waals surface area contributed by atoms with Gasteiger partial charge in [0.25, 0.3) is 0 Å². The third-order valence-electron chi connectivity index (χ3n) is 9.12. The minimum absolute atomic E-state index is 0.0758. The Hall–Kier alpha value is -1.24. The molecule has 0 aromatic rings. The van der Waals surface area contributed by atoms with Crippen LogP contribution in [0.5, 0.6) is 0 Å². The van der Waals surface area contributed by atoms with Gasteiger partial charge < -0.3 is 15.5 Å². The molecule has 3 heterocycles. The number of alkyl halides is 2. The molecule has 0 aromatic carbocycles. The van der Waals surface area contributed by atoms with Crippen LogP contribution in [0.1, 0.15) is 71.1 Å². The van der Waals surface area contributed by atoms with E-state index < -0.39 is 12.3 Å². The number of piperidine rings is 1. The molecule has 31 heavy (non-hydrogen) atoms. The molecule has 7 heteroatoms. The molecule has 3 saturated heterocycles. The number of halogens is 2. The second kappa shape index (κ2) is 8.60. The summed E-state index contributed by atoms with van der Waals surface area (Å²) in [6.07, 6.45) is 5.58. The number of hydrogen-bond acceptors (Lipinski definition) is 3. The van der Waals surface area contributed by atoms with Crippen molar-refractivity contribution in [2.75, 3.05) is 6.54 Å². The first kappa shape index (κ1) is 21.6. The van der Waals surface area contributed by atoms with Crippen LogP contribution in [0.3, 0.4) is 0 Å². The number of amides is 2. The molecule has 5 rings (SSSR count). The predicted molar refractivity (Wildman–Crippen MR) is 114 cm³/mol. The maximum absolute atomic E-state index is 14.7. The van der Waals surface area contributed by atoms with Crippen molar-refractivity contribution >= 4 is 11.8 Å². The third-order valence-corrected chi connectivity index (χ3v) is 9.12. The second-order valence-corrected chi connectivity index (χ2v) is 11.0. The van der Waals surface area contributed by atoms with Crippen LogP contribution in [0.25, 0.3) is 0 Å². The topological polar surface area (TPSA) is 61.4 Å². The molecule has 2 N–H and O–H groups in total. The van der Waals surface area contributed by atoms with Crippen molar-refractivity contribution in [3.63, 3.8) is 0 Å². The van der Waals surface area contributed by atoms with E-state index >= 15 is 0 Å². The number of carbonyl (C=O) groups is 2. The van der Waals surface area contributed by atoms with Gasteiger partial charge in [-0.3, -0.25) is 9.59 Å². The number of nitrogens with one attached hydrogen (secondary N) is 2. The lowest BCUT2D eigenvalue weighted by molar-refractivity contribution is -0.131. The summed E-state index contributed by atoms with van der Waals surface area (Å²) < 4.78 is 29.0. The lowest BCUT2D eigenvalue weighted by atomic mass is 9.72. The van der Waals surface area contributed by atoms with Gasteiger partial charge in [-0.05, 0) is 75.5 Å². The fraction of sp³-hybridized carbons (Fsp3) is 0.917. The number of fused-ring (bicyclic) bond motifs is 2. The van der Waals surface area contributed by atoms with Crippen molar-refractivity contribution in [2.24, 2.45) is 23.7 Å². The minimum Gasteiger partial charge on any atom is -0.352 e. The van der Waals surface area contributed by atoms with Gasteiger partial charge in [-0.2, -0.15) is 0 Å². The summed E-state index contributed by atoms with van der Waals surface area (Å²) in [5.74, 6) is 1.20. The van der Waals surface area contributed by atoms with E-state index in [0.29, 0.717) is 50.0 Å². The zero-order valence-electron chi connectivity index (χ0n) is 18.6. The molecule has 8 unspecified atom stereocenters. The standard InChI is InChI=1S/C24H37F2N3O2/c1-13-2-4-20(26)19-12-21(28-23(13)19)24(31)27-17-9-15(8-16(25)11-17)14-6-7-29-18(10-14)3-5-22(29)30/h13-21,23,28H,2-12H2,1H3,(H,27,31)/t13?,14-,15?,16?,17?,18+,19?,20?,21?,23?/m1/s1. The summed E-state index contributed by atoms with van der Waals surface area (Å²) in [7, 11) is 0. The molecule has 0 aromatic heterocycles. The summed E-state index contributed by atoms with van der Waals surface area (Å²) in [6, 6.07) is -0.0970. The molecule has 0 bridgehead atoms. The molecule has 0 spiro atoms. The minimum atomic E-state index is -0.887. The summed E-state index contributed by atoms with van der Waals surface area (Å²) in [5, 5.41) is 6.52. The van der Waals surface area contributed by atoms with Crippen LogP contribution in [0.15, 0.2) is 0 Å². The van der Waals surface area contributed by atoms with Crippen LogP contribution >= 0.6 is 0 Å². The monoisotopic (exact) mass is 437 g/mol.